The van der Waals surface area contributed by atoms with E-state index in [2.05, 4.69) is 12.1 Å². The predicted molar refractivity (Wildman–Crippen MR) is 255 cm³/mol. The van der Waals surface area contributed by atoms with Gasteiger partial charge in [0, 0.05) is 65.3 Å². The molecular weight excluding hydrogens is 830 g/mol. The van der Waals surface area contributed by atoms with E-state index in [-0.39, 0.29) is 44.8 Å². The van der Waals surface area contributed by atoms with E-state index in [9.17, 15) is 10.5 Å². The van der Waals surface area contributed by atoms with Crippen LogP contribution in [-0.4, -0.2) is 9.13 Å². The molecule has 0 fully saturated rings. The number of nitrogens with zero attached hydrogens (tertiary/aromatic N) is 4. The van der Waals surface area contributed by atoms with Crippen molar-refractivity contribution in [3.63, 3.8) is 0 Å². The second-order valence-corrected chi connectivity index (χ2v) is 16.4. The van der Waals surface area contributed by atoms with Crippen molar-refractivity contribution in [1.82, 2.24) is 9.13 Å². The van der Waals surface area contributed by atoms with Crippen LogP contribution in [0.15, 0.2) is 185 Å². The molecule has 4 heterocycles. The Morgan fingerprint density at radius 1 is 0.394 bits per heavy atom. The summed E-state index contributed by atoms with van der Waals surface area (Å²) in [7, 11) is 0. The minimum Gasteiger partial charge on any atom is -0.456 e. The highest BCUT2D eigenvalue weighted by Crippen LogP contribution is 2.53. The fourth-order valence-corrected chi connectivity index (χ4v) is 10.5. The van der Waals surface area contributed by atoms with Crippen LogP contribution in [0.3, 0.4) is 0 Å². The van der Waals surface area contributed by atoms with Gasteiger partial charge >= 0.3 is 6.18 Å². The number of hydrogen-bond acceptors (Lipinski definition) is 4. The second-order valence-electron chi connectivity index (χ2n) is 16.4. The van der Waals surface area contributed by atoms with Crippen LogP contribution in [-0.2, 0) is 6.18 Å². The summed E-state index contributed by atoms with van der Waals surface area (Å²) in [5.41, 5.74) is 4.57. The zero-order valence-corrected chi connectivity index (χ0v) is 34.5. The Hall–Kier alpha value is -9.05. The lowest BCUT2D eigenvalue weighted by Gasteiger charge is -2.27. The quantitative estimate of drug-likeness (QED) is 0.176. The van der Waals surface area contributed by atoms with Crippen LogP contribution in [0.2, 0.25) is 0 Å². The SMILES string of the molecule is N#Cc1ccccc1-c1c(-n2c3ccccc3c3c4c(ccc32)oc2ccccc24)cc(-n2c3ccccc3c3c4c(ccc32)oc2ccccc24)c(-c2ccccc2C#N)c1C(F)(F)F. The van der Waals surface area contributed by atoms with Crippen molar-refractivity contribution in [2.75, 3.05) is 0 Å². The molecule has 13 rings (SSSR count). The normalized spacial score (nSPS) is 12.1. The molecule has 310 valence electrons. The number of para-hydroxylation sites is 4. The van der Waals surface area contributed by atoms with Crippen LogP contribution in [0.1, 0.15) is 16.7 Å². The molecular formula is C57H29F3N4O2. The second kappa shape index (κ2) is 13.7. The van der Waals surface area contributed by atoms with Gasteiger partial charge in [-0.1, -0.05) is 109 Å². The Labute approximate surface area is 372 Å². The van der Waals surface area contributed by atoms with Gasteiger partial charge in [-0.3, -0.25) is 0 Å². The van der Waals surface area contributed by atoms with Gasteiger partial charge in [-0.05, 0) is 66.7 Å². The molecule has 0 saturated heterocycles. The lowest BCUT2D eigenvalue weighted by Crippen LogP contribution is -2.16. The predicted octanol–water partition coefficient (Wildman–Crippen LogP) is 15.8. The van der Waals surface area contributed by atoms with E-state index in [1.807, 2.05) is 137 Å². The zero-order chi connectivity index (χ0) is 44.4. The first kappa shape index (κ1) is 37.5. The monoisotopic (exact) mass is 858 g/mol. The molecule has 66 heavy (non-hydrogen) atoms. The van der Waals surface area contributed by atoms with Crippen molar-refractivity contribution in [2.24, 2.45) is 0 Å². The smallest absolute Gasteiger partial charge is 0.417 e. The van der Waals surface area contributed by atoms with Gasteiger partial charge in [0.15, 0.2) is 0 Å². The Morgan fingerprint density at radius 2 is 0.788 bits per heavy atom. The van der Waals surface area contributed by atoms with Crippen molar-refractivity contribution in [2.45, 2.75) is 6.18 Å². The van der Waals surface area contributed by atoms with Gasteiger partial charge in [0.25, 0.3) is 0 Å². The molecule has 9 heteroatoms. The largest absolute Gasteiger partial charge is 0.456 e. The Morgan fingerprint density at radius 3 is 1.23 bits per heavy atom. The van der Waals surface area contributed by atoms with Gasteiger partial charge in [-0.2, -0.15) is 23.7 Å². The van der Waals surface area contributed by atoms with Gasteiger partial charge in [-0.25, -0.2) is 0 Å². The van der Waals surface area contributed by atoms with E-state index < -0.39 is 11.7 Å². The fourth-order valence-electron chi connectivity index (χ4n) is 10.5. The average Bonchev–Trinajstić information content (AvgIpc) is 4.10. The Kier molecular flexibility index (Phi) is 7.80. The van der Waals surface area contributed by atoms with Crippen LogP contribution in [0.5, 0.6) is 0 Å². The van der Waals surface area contributed by atoms with Crippen molar-refractivity contribution < 1.29 is 22.0 Å². The van der Waals surface area contributed by atoms with Gasteiger partial charge < -0.3 is 18.0 Å². The highest BCUT2D eigenvalue weighted by molar-refractivity contribution is 6.29. The fraction of sp³-hybridized carbons (Fsp3) is 0.0175. The Bertz CT molecular complexity index is 4050. The topological polar surface area (TPSA) is 83.7 Å². The number of fused-ring (bicyclic) bond motifs is 14. The summed E-state index contributed by atoms with van der Waals surface area (Å²) in [5, 5.41) is 28.0. The van der Waals surface area contributed by atoms with E-state index >= 15 is 13.2 Å². The molecule has 13 aromatic rings. The molecule has 0 atom stereocenters. The minimum absolute atomic E-state index is 0.0617. The third kappa shape index (κ3) is 5.11. The number of halogens is 3. The average molecular weight is 859 g/mol. The maximum Gasteiger partial charge on any atom is 0.417 e. The minimum atomic E-state index is -5.04. The molecule has 0 radical (unpaired) electrons. The van der Waals surface area contributed by atoms with Gasteiger partial charge in [0.05, 0.1) is 62.3 Å². The van der Waals surface area contributed by atoms with E-state index in [4.69, 9.17) is 8.83 Å². The van der Waals surface area contributed by atoms with E-state index in [1.165, 1.54) is 12.1 Å². The third-order valence-electron chi connectivity index (χ3n) is 13.0. The molecule has 4 aromatic heterocycles. The molecule has 0 aliphatic rings. The van der Waals surface area contributed by atoms with E-state index in [0.717, 1.165) is 43.1 Å². The number of alkyl halides is 3. The molecule has 6 nitrogen and oxygen atoms in total. The summed E-state index contributed by atoms with van der Waals surface area (Å²) >= 11 is 0. The highest BCUT2D eigenvalue weighted by atomic mass is 19.4. The van der Waals surface area contributed by atoms with Crippen LogP contribution in [0.4, 0.5) is 13.2 Å². The molecule has 0 saturated carbocycles. The molecule has 0 aliphatic carbocycles. The van der Waals surface area contributed by atoms with Crippen molar-refractivity contribution in [1.29, 1.82) is 10.5 Å². The van der Waals surface area contributed by atoms with Gasteiger partial charge in [0.2, 0.25) is 0 Å². The first-order valence-corrected chi connectivity index (χ1v) is 21.3. The van der Waals surface area contributed by atoms with Crippen LogP contribution < -0.4 is 0 Å². The summed E-state index contributed by atoms with van der Waals surface area (Å²) in [6.45, 7) is 0. The first-order valence-electron chi connectivity index (χ1n) is 21.3. The number of nitriles is 2. The molecule has 0 amide bonds. The van der Waals surface area contributed by atoms with Crippen LogP contribution in [0, 0.1) is 22.7 Å². The molecule has 9 aromatic carbocycles. The number of benzene rings is 9. The highest BCUT2D eigenvalue weighted by Gasteiger charge is 2.42. The molecule has 0 N–H and O–H groups in total. The number of hydrogen-bond donors (Lipinski definition) is 0. The van der Waals surface area contributed by atoms with Gasteiger partial charge in [-0.15, -0.1) is 0 Å². The summed E-state index contributed by atoms with van der Waals surface area (Å²) < 4.78 is 67.9. The Balaban J connectivity index is 1.31. The maximum absolute atomic E-state index is 17.1. The lowest BCUT2D eigenvalue weighted by atomic mass is 9.85. The number of aromatic nitrogens is 2. The summed E-state index contributed by atoms with van der Waals surface area (Å²) in [6.07, 6.45) is -5.04. The molecule has 0 spiro atoms. The summed E-state index contributed by atoms with van der Waals surface area (Å²) in [4.78, 5) is 0. The molecule has 0 bridgehead atoms. The molecule has 0 aliphatic heterocycles. The maximum atomic E-state index is 17.1. The van der Waals surface area contributed by atoms with Crippen LogP contribution >= 0.6 is 0 Å². The van der Waals surface area contributed by atoms with Gasteiger partial charge in [0.1, 0.15) is 22.3 Å². The zero-order valence-electron chi connectivity index (χ0n) is 34.5. The summed E-state index contributed by atoms with van der Waals surface area (Å²) in [6, 6.07) is 57.5. The van der Waals surface area contributed by atoms with Crippen molar-refractivity contribution >= 4 is 87.5 Å². The van der Waals surface area contributed by atoms with Crippen LogP contribution in [0.25, 0.3) is 121 Å². The van der Waals surface area contributed by atoms with E-state index in [1.54, 1.807) is 36.4 Å². The van der Waals surface area contributed by atoms with E-state index in [0.29, 0.717) is 44.4 Å². The first-order chi connectivity index (χ1) is 32.3. The number of furan rings is 2. The molecule has 0 unspecified atom stereocenters. The van der Waals surface area contributed by atoms with Crippen molar-refractivity contribution in [3.8, 4) is 45.8 Å². The van der Waals surface area contributed by atoms with Crippen molar-refractivity contribution in [3.05, 3.63) is 193 Å². The lowest BCUT2D eigenvalue weighted by molar-refractivity contribution is -0.136. The number of rotatable bonds is 4. The summed E-state index contributed by atoms with van der Waals surface area (Å²) in [5.74, 6) is 0. The standard InChI is InChI=1S/C57H29F3N4O2/c58-57(59,60)56-52(34-15-3-1-13-32(34)30-61)44(63-40-21-9-5-17-36(40)50-42(63)25-27-48-54(50)38-19-7-11-23-46(38)65-48)29-45(53(56)35-16-4-2-14-33(35)31-62)64-41-22-10-6-18-37(41)51-43(64)26-28-49-55(51)39-20-8-12-24-47(39)66-49/h1-29H. The third-order valence-corrected chi connectivity index (χ3v) is 13.0.